The fraction of sp³-hybridized carbons (Fsp3) is 1.00. The molecular formula is C15H30N2. The van der Waals surface area contributed by atoms with Crippen molar-refractivity contribution < 1.29 is 0 Å². The Labute approximate surface area is 107 Å². The molecule has 0 aromatic carbocycles. The minimum Gasteiger partial charge on any atom is -0.315 e. The Hall–Kier alpha value is -0.0800. The summed E-state index contributed by atoms with van der Waals surface area (Å²) in [6.45, 7) is 7.46. The van der Waals surface area contributed by atoms with Gasteiger partial charge in [-0.15, -0.1) is 0 Å². The highest BCUT2D eigenvalue weighted by Crippen LogP contribution is 2.32. The second-order valence-electron chi connectivity index (χ2n) is 6.32. The minimum atomic E-state index is 0.742. The predicted molar refractivity (Wildman–Crippen MR) is 74.2 cm³/mol. The molecule has 2 aliphatic rings. The van der Waals surface area contributed by atoms with Crippen molar-refractivity contribution in [1.82, 2.24) is 10.2 Å². The molecule has 1 saturated carbocycles. The van der Waals surface area contributed by atoms with E-state index in [-0.39, 0.29) is 0 Å². The van der Waals surface area contributed by atoms with Crippen LogP contribution >= 0.6 is 0 Å². The molecule has 0 spiro atoms. The van der Waals surface area contributed by atoms with E-state index in [2.05, 4.69) is 31.1 Å². The Kier molecular flexibility index (Phi) is 4.87. The third kappa shape index (κ3) is 3.23. The molecule has 2 rings (SSSR count). The molecule has 1 saturated heterocycles. The monoisotopic (exact) mass is 238 g/mol. The van der Waals surface area contributed by atoms with E-state index in [1.54, 1.807) is 0 Å². The van der Waals surface area contributed by atoms with Gasteiger partial charge in [-0.1, -0.05) is 20.3 Å². The van der Waals surface area contributed by atoms with Crippen LogP contribution in [0.15, 0.2) is 0 Å². The van der Waals surface area contributed by atoms with E-state index in [0.29, 0.717) is 0 Å². The molecule has 0 bridgehead atoms. The highest BCUT2D eigenvalue weighted by molar-refractivity contribution is 4.92. The van der Waals surface area contributed by atoms with Gasteiger partial charge < -0.3 is 5.32 Å². The predicted octanol–water partition coefficient (Wildman–Crippen LogP) is 2.89. The van der Waals surface area contributed by atoms with Crippen molar-refractivity contribution in [2.75, 3.05) is 20.1 Å². The molecule has 1 heterocycles. The quantitative estimate of drug-likeness (QED) is 0.810. The molecule has 1 aliphatic carbocycles. The summed E-state index contributed by atoms with van der Waals surface area (Å²) in [6.07, 6.45) is 8.42. The molecule has 0 amide bonds. The molecule has 0 aromatic rings. The van der Waals surface area contributed by atoms with Gasteiger partial charge in [-0.3, -0.25) is 4.90 Å². The zero-order chi connectivity index (χ0) is 12.3. The molecule has 0 aromatic heterocycles. The second-order valence-corrected chi connectivity index (χ2v) is 6.32. The summed E-state index contributed by atoms with van der Waals surface area (Å²) < 4.78 is 0. The van der Waals surface area contributed by atoms with Gasteiger partial charge in [-0.2, -0.15) is 0 Å². The van der Waals surface area contributed by atoms with E-state index < -0.39 is 0 Å². The van der Waals surface area contributed by atoms with E-state index in [0.717, 1.165) is 23.9 Å². The Morgan fingerprint density at radius 2 is 2.06 bits per heavy atom. The summed E-state index contributed by atoms with van der Waals surface area (Å²) in [5.74, 6) is 1.91. The number of likely N-dealkylation sites (tertiary alicyclic amines) is 1. The molecule has 2 heteroatoms. The van der Waals surface area contributed by atoms with Crippen LogP contribution in [0.4, 0.5) is 0 Å². The van der Waals surface area contributed by atoms with Crippen molar-refractivity contribution in [3.8, 4) is 0 Å². The summed E-state index contributed by atoms with van der Waals surface area (Å²) in [5, 5.41) is 3.56. The van der Waals surface area contributed by atoms with Gasteiger partial charge in [0.05, 0.1) is 0 Å². The van der Waals surface area contributed by atoms with Gasteiger partial charge in [0.1, 0.15) is 0 Å². The number of nitrogens with one attached hydrogen (secondary N) is 1. The van der Waals surface area contributed by atoms with Gasteiger partial charge >= 0.3 is 0 Å². The molecule has 2 nitrogen and oxygen atoms in total. The zero-order valence-electron chi connectivity index (χ0n) is 11.9. The summed E-state index contributed by atoms with van der Waals surface area (Å²) in [7, 11) is 2.15. The number of likely N-dealkylation sites (N-methyl/N-ethyl adjacent to an activating group) is 1. The summed E-state index contributed by atoms with van der Waals surface area (Å²) in [5.41, 5.74) is 0. The van der Waals surface area contributed by atoms with Crippen LogP contribution in [0.3, 0.4) is 0 Å². The van der Waals surface area contributed by atoms with Crippen LogP contribution in [0.2, 0.25) is 0 Å². The molecule has 4 unspecified atom stereocenters. The third-order valence-electron chi connectivity index (χ3n) is 4.93. The minimum absolute atomic E-state index is 0.742. The van der Waals surface area contributed by atoms with Crippen LogP contribution in [0, 0.1) is 11.8 Å². The largest absolute Gasteiger partial charge is 0.315 e. The van der Waals surface area contributed by atoms with Crippen molar-refractivity contribution >= 4 is 0 Å². The van der Waals surface area contributed by atoms with Gasteiger partial charge in [-0.25, -0.2) is 0 Å². The Morgan fingerprint density at radius 3 is 2.76 bits per heavy atom. The number of hydrogen-bond donors (Lipinski definition) is 1. The first-order chi connectivity index (χ1) is 8.24. The van der Waals surface area contributed by atoms with Gasteiger partial charge in [0, 0.05) is 18.6 Å². The third-order valence-corrected chi connectivity index (χ3v) is 4.93. The average molecular weight is 238 g/mol. The Morgan fingerprint density at radius 1 is 1.24 bits per heavy atom. The van der Waals surface area contributed by atoms with Crippen LogP contribution in [0.1, 0.15) is 52.4 Å². The van der Waals surface area contributed by atoms with E-state index in [1.165, 1.54) is 51.6 Å². The van der Waals surface area contributed by atoms with Gasteiger partial charge in [0.2, 0.25) is 0 Å². The fourth-order valence-corrected chi connectivity index (χ4v) is 3.90. The number of rotatable bonds is 4. The molecule has 1 aliphatic heterocycles. The maximum atomic E-state index is 3.56. The van der Waals surface area contributed by atoms with Gasteiger partial charge in [-0.05, 0) is 57.5 Å². The molecule has 2 fully saturated rings. The highest BCUT2D eigenvalue weighted by Gasteiger charge is 2.35. The topological polar surface area (TPSA) is 15.3 Å². The van der Waals surface area contributed by atoms with Crippen molar-refractivity contribution in [3.63, 3.8) is 0 Å². The Balaban J connectivity index is 1.91. The molecule has 17 heavy (non-hydrogen) atoms. The lowest BCUT2D eigenvalue weighted by molar-refractivity contribution is 0.123. The molecule has 4 atom stereocenters. The van der Waals surface area contributed by atoms with E-state index in [1.807, 2.05) is 0 Å². The lowest BCUT2D eigenvalue weighted by Gasteiger charge is -2.40. The maximum Gasteiger partial charge on any atom is 0.0251 e. The van der Waals surface area contributed by atoms with Crippen molar-refractivity contribution in [2.45, 2.75) is 64.5 Å². The zero-order valence-corrected chi connectivity index (χ0v) is 11.9. The van der Waals surface area contributed by atoms with Crippen LogP contribution in [-0.2, 0) is 0 Å². The van der Waals surface area contributed by atoms with Gasteiger partial charge in [0.25, 0.3) is 0 Å². The Bertz CT molecular complexity index is 229. The van der Waals surface area contributed by atoms with E-state index in [4.69, 9.17) is 0 Å². The molecule has 1 N–H and O–H groups in total. The number of nitrogens with zero attached hydrogens (tertiary/aromatic N) is 1. The highest BCUT2D eigenvalue weighted by atomic mass is 15.2. The van der Waals surface area contributed by atoms with Crippen molar-refractivity contribution in [3.05, 3.63) is 0 Å². The summed E-state index contributed by atoms with van der Waals surface area (Å²) in [6, 6.07) is 1.55. The lowest BCUT2D eigenvalue weighted by atomic mass is 9.82. The maximum absolute atomic E-state index is 3.56. The van der Waals surface area contributed by atoms with E-state index in [9.17, 15) is 0 Å². The van der Waals surface area contributed by atoms with Crippen LogP contribution in [0.5, 0.6) is 0 Å². The van der Waals surface area contributed by atoms with E-state index >= 15 is 0 Å². The summed E-state index contributed by atoms with van der Waals surface area (Å²) >= 11 is 0. The molecule has 0 radical (unpaired) electrons. The normalized spacial score (nSPS) is 39.7. The fourth-order valence-electron chi connectivity index (χ4n) is 3.90. The first-order valence-corrected chi connectivity index (χ1v) is 7.65. The molecular weight excluding hydrogens is 208 g/mol. The SMILES string of the molecule is CCCC1CCN(C2CC(C)CCC2NC)C1. The number of hydrogen-bond acceptors (Lipinski definition) is 2. The average Bonchev–Trinajstić information content (AvgIpc) is 2.78. The van der Waals surface area contributed by atoms with Crippen LogP contribution in [-0.4, -0.2) is 37.1 Å². The lowest BCUT2D eigenvalue weighted by Crippen LogP contribution is -2.51. The smallest absolute Gasteiger partial charge is 0.0251 e. The standard InChI is InChI=1S/C15H30N2/c1-4-5-13-8-9-17(11-13)15-10-12(2)6-7-14(15)16-3/h12-16H,4-11H2,1-3H3. The van der Waals surface area contributed by atoms with Crippen LogP contribution < -0.4 is 5.32 Å². The first-order valence-electron chi connectivity index (χ1n) is 7.65. The van der Waals surface area contributed by atoms with Crippen LogP contribution in [0.25, 0.3) is 0 Å². The summed E-state index contributed by atoms with van der Waals surface area (Å²) in [4.78, 5) is 2.79. The first kappa shape index (κ1) is 13.4. The molecule has 100 valence electrons. The van der Waals surface area contributed by atoms with Gasteiger partial charge in [0.15, 0.2) is 0 Å². The second kappa shape index (κ2) is 6.19. The van der Waals surface area contributed by atoms with Crippen molar-refractivity contribution in [1.29, 1.82) is 0 Å². The van der Waals surface area contributed by atoms with Crippen molar-refractivity contribution in [2.24, 2.45) is 11.8 Å².